The Morgan fingerprint density at radius 3 is 2.36 bits per heavy atom. The first kappa shape index (κ1) is 28.8. The molecule has 4 aromatic carbocycles. The van der Waals surface area contributed by atoms with Crippen molar-refractivity contribution in [2.24, 2.45) is 5.10 Å². The Balaban J connectivity index is 1.46. The van der Waals surface area contributed by atoms with Gasteiger partial charge in [-0.1, -0.05) is 65.7 Å². The molecule has 0 unspecified atom stereocenters. The fraction of sp³-hybridized carbons (Fsp3) is 0.0667. The van der Waals surface area contributed by atoms with Crippen molar-refractivity contribution in [3.05, 3.63) is 123 Å². The Hall–Kier alpha value is -4.67. The Labute approximate surface area is 246 Å². The minimum absolute atomic E-state index is 0.0402. The third-order valence-electron chi connectivity index (χ3n) is 5.95. The standard InChI is InChI=1S/C30H19Cl2F3N4O3/c31-23-13-18(14-24(32)27(23)42-17-26(40)37-21-9-2-1-3-10-21)16-36-39-28(19-7-6-8-20(15-19)30(33,34)35)38-25-12-5-4-11-22(25)29(39)41/h1-16H,17H2,(H,37,40). The van der Waals surface area contributed by atoms with Gasteiger partial charge in [-0.3, -0.25) is 9.59 Å². The predicted molar refractivity (Wildman–Crippen MR) is 156 cm³/mol. The van der Waals surface area contributed by atoms with E-state index in [0.717, 1.165) is 16.8 Å². The largest absolute Gasteiger partial charge is 0.481 e. The first-order valence-corrected chi connectivity index (χ1v) is 13.1. The number of carbonyl (C=O) groups excluding carboxylic acids is 1. The molecule has 42 heavy (non-hydrogen) atoms. The first-order chi connectivity index (χ1) is 20.1. The number of ether oxygens (including phenoxy) is 1. The van der Waals surface area contributed by atoms with Crippen LogP contribution in [0.4, 0.5) is 18.9 Å². The molecule has 0 bridgehead atoms. The van der Waals surface area contributed by atoms with Crippen LogP contribution in [0.2, 0.25) is 10.0 Å². The van der Waals surface area contributed by atoms with Gasteiger partial charge < -0.3 is 10.1 Å². The van der Waals surface area contributed by atoms with Crippen molar-refractivity contribution in [1.29, 1.82) is 0 Å². The Morgan fingerprint density at radius 2 is 1.64 bits per heavy atom. The summed E-state index contributed by atoms with van der Waals surface area (Å²) in [5.74, 6) is -0.459. The number of nitrogens with zero attached hydrogens (tertiary/aromatic N) is 3. The monoisotopic (exact) mass is 610 g/mol. The summed E-state index contributed by atoms with van der Waals surface area (Å²) in [5, 5.41) is 7.28. The van der Waals surface area contributed by atoms with E-state index in [0.29, 0.717) is 16.8 Å². The molecule has 212 valence electrons. The van der Waals surface area contributed by atoms with Gasteiger partial charge in [-0.05, 0) is 54.1 Å². The van der Waals surface area contributed by atoms with Gasteiger partial charge in [-0.15, -0.1) is 0 Å². The van der Waals surface area contributed by atoms with Crippen LogP contribution in [0.1, 0.15) is 11.1 Å². The van der Waals surface area contributed by atoms with Crippen molar-refractivity contribution in [1.82, 2.24) is 9.66 Å². The molecule has 0 aliphatic carbocycles. The van der Waals surface area contributed by atoms with E-state index in [2.05, 4.69) is 15.4 Å². The first-order valence-electron chi connectivity index (χ1n) is 12.3. The van der Waals surface area contributed by atoms with Crippen LogP contribution in [0.25, 0.3) is 22.3 Å². The number of anilines is 1. The fourth-order valence-corrected chi connectivity index (χ4v) is 4.64. The van der Waals surface area contributed by atoms with E-state index < -0.39 is 23.2 Å². The third kappa shape index (κ3) is 6.45. The number of para-hydroxylation sites is 2. The van der Waals surface area contributed by atoms with Crippen molar-refractivity contribution >= 4 is 51.9 Å². The van der Waals surface area contributed by atoms with Gasteiger partial charge in [-0.2, -0.15) is 22.9 Å². The van der Waals surface area contributed by atoms with Crippen molar-refractivity contribution in [2.45, 2.75) is 6.18 Å². The van der Waals surface area contributed by atoms with Crippen LogP contribution in [0.15, 0.2) is 101 Å². The van der Waals surface area contributed by atoms with Crippen LogP contribution >= 0.6 is 23.2 Å². The Morgan fingerprint density at radius 1 is 0.952 bits per heavy atom. The highest BCUT2D eigenvalue weighted by Gasteiger charge is 2.31. The molecule has 0 fully saturated rings. The van der Waals surface area contributed by atoms with Crippen molar-refractivity contribution < 1.29 is 22.7 Å². The minimum atomic E-state index is -4.60. The highest BCUT2D eigenvalue weighted by Crippen LogP contribution is 2.34. The van der Waals surface area contributed by atoms with E-state index in [9.17, 15) is 22.8 Å². The molecule has 5 aromatic rings. The number of hydrogen-bond acceptors (Lipinski definition) is 5. The molecule has 0 aliphatic heterocycles. The summed E-state index contributed by atoms with van der Waals surface area (Å²) in [6.07, 6.45) is -3.33. The molecule has 0 saturated heterocycles. The molecule has 1 heterocycles. The number of hydrogen-bond donors (Lipinski definition) is 1. The molecule has 5 rings (SSSR count). The van der Waals surface area contributed by atoms with Gasteiger partial charge in [0.1, 0.15) is 0 Å². The second-order valence-corrected chi connectivity index (χ2v) is 9.72. The van der Waals surface area contributed by atoms with E-state index in [-0.39, 0.29) is 39.2 Å². The molecular weight excluding hydrogens is 592 g/mol. The summed E-state index contributed by atoms with van der Waals surface area (Å²) in [4.78, 5) is 30.0. The van der Waals surface area contributed by atoms with Crippen LogP contribution in [-0.2, 0) is 11.0 Å². The number of halogens is 5. The van der Waals surface area contributed by atoms with Crippen LogP contribution in [-0.4, -0.2) is 28.4 Å². The van der Waals surface area contributed by atoms with E-state index in [1.54, 1.807) is 48.5 Å². The number of alkyl halides is 3. The molecule has 7 nitrogen and oxygen atoms in total. The summed E-state index contributed by atoms with van der Waals surface area (Å²) in [7, 11) is 0. The van der Waals surface area contributed by atoms with Crippen LogP contribution in [0.5, 0.6) is 5.75 Å². The number of rotatable bonds is 7. The van der Waals surface area contributed by atoms with Crippen LogP contribution in [0, 0.1) is 0 Å². The van der Waals surface area contributed by atoms with Crippen molar-refractivity contribution in [3.63, 3.8) is 0 Å². The molecule has 0 spiro atoms. The Kier molecular flexibility index (Phi) is 8.28. The quantitative estimate of drug-likeness (QED) is 0.196. The van der Waals surface area contributed by atoms with E-state index in [1.165, 1.54) is 30.5 Å². The highest BCUT2D eigenvalue weighted by atomic mass is 35.5. The summed E-state index contributed by atoms with van der Waals surface area (Å²) in [5.41, 5.74) is -0.210. The van der Waals surface area contributed by atoms with Crippen molar-refractivity contribution in [3.8, 4) is 17.1 Å². The molecule has 0 aliphatic rings. The van der Waals surface area contributed by atoms with E-state index >= 15 is 0 Å². The predicted octanol–water partition coefficient (Wildman–Crippen LogP) is 7.29. The average Bonchev–Trinajstić information content (AvgIpc) is 2.96. The minimum Gasteiger partial charge on any atom is -0.481 e. The summed E-state index contributed by atoms with van der Waals surface area (Å²) >= 11 is 12.7. The zero-order valence-electron chi connectivity index (χ0n) is 21.4. The number of aromatic nitrogens is 2. The van der Waals surface area contributed by atoms with Crippen LogP contribution < -0.4 is 15.6 Å². The normalized spacial score (nSPS) is 11.6. The SMILES string of the molecule is O=C(COc1c(Cl)cc(C=Nn2c(-c3cccc(C(F)(F)F)c3)nc3ccccc3c2=O)cc1Cl)Nc1ccccc1. The van der Waals surface area contributed by atoms with Gasteiger partial charge in [0, 0.05) is 11.3 Å². The summed E-state index contributed by atoms with van der Waals surface area (Å²) in [6.45, 7) is -0.361. The average molecular weight is 611 g/mol. The number of carbonyl (C=O) groups is 1. The summed E-state index contributed by atoms with van der Waals surface area (Å²) < 4.78 is 46.7. The smallest absolute Gasteiger partial charge is 0.416 e. The van der Waals surface area contributed by atoms with Gasteiger partial charge in [0.25, 0.3) is 11.5 Å². The Bertz CT molecular complexity index is 1850. The fourth-order valence-electron chi connectivity index (χ4n) is 4.02. The number of amides is 1. The zero-order valence-corrected chi connectivity index (χ0v) is 22.9. The second-order valence-electron chi connectivity index (χ2n) is 8.91. The topological polar surface area (TPSA) is 85.6 Å². The van der Waals surface area contributed by atoms with Crippen molar-refractivity contribution in [2.75, 3.05) is 11.9 Å². The lowest BCUT2D eigenvalue weighted by Gasteiger charge is -2.12. The molecule has 12 heteroatoms. The van der Waals surface area contributed by atoms with Gasteiger partial charge in [0.2, 0.25) is 0 Å². The maximum Gasteiger partial charge on any atom is 0.416 e. The van der Waals surface area contributed by atoms with Gasteiger partial charge in [0.15, 0.2) is 18.2 Å². The molecule has 1 N–H and O–H groups in total. The molecular formula is C30H19Cl2F3N4O3. The highest BCUT2D eigenvalue weighted by molar-refractivity contribution is 6.37. The maximum atomic E-state index is 13.4. The molecule has 1 aromatic heterocycles. The van der Waals surface area contributed by atoms with Gasteiger partial charge in [0.05, 0.1) is 32.7 Å². The van der Waals surface area contributed by atoms with E-state index in [1.807, 2.05) is 6.07 Å². The molecule has 0 saturated carbocycles. The van der Waals surface area contributed by atoms with E-state index in [4.69, 9.17) is 27.9 Å². The lowest BCUT2D eigenvalue weighted by molar-refractivity contribution is -0.137. The van der Waals surface area contributed by atoms with Gasteiger partial charge in [-0.25, -0.2) is 4.98 Å². The molecule has 0 atom stereocenters. The third-order valence-corrected chi connectivity index (χ3v) is 6.51. The zero-order chi connectivity index (χ0) is 29.9. The van der Waals surface area contributed by atoms with Gasteiger partial charge >= 0.3 is 6.18 Å². The summed E-state index contributed by atoms with van der Waals surface area (Å²) in [6, 6.07) is 22.6. The lowest BCUT2D eigenvalue weighted by atomic mass is 10.1. The maximum absolute atomic E-state index is 13.4. The number of benzene rings is 4. The number of fused-ring (bicyclic) bond motifs is 1. The van der Waals surface area contributed by atoms with Crippen LogP contribution in [0.3, 0.4) is 0 Å². The second kappa shape index (κ2) is 12.1. The lowest BCUT2D eigenvalue weighted by Crippen LogP contribution is -2.20. The molecule has 0 radical (unpaired) electrons. The molecule has 1 amide bonds. The number of nitrogens with one attached hydrogen (secondary N) is 1.